The third-order valence-electron chi connectivity index (χ3n) is 4.00. The largest absolute Gasteiger partial charge is 0.310 e. The fraction of sp³-hybridized carbons (Fsp3) is 0.533. The van der Waals surface area contributed by atoms with E-state index in [0.717, 1.165) is 23.9 Å². The summed E-state index contributed by atoms with van der Waals surface area (Å²) < 4.78 is 1.29. The smallest absolute Gasteiger partial charge is 0.0809 e. The molecule has 1 saturated carbocycles. The van der Waals surface area contributed by atoms with Crippen LogP contribution in [0.5, 0.6) is 0 Å². The first-order valence-electron chi connectivity index (χ1n) is 6.80. The Labute approximate surface area is 112 Å². The molecular weight excluding hydrogens is 240 g/mol. The maximum Gasteiger partial charge on any atom is 0.0809 e. The summed E-state index contributed by atoms with van der Waals surface area (Å²) in [5.41, 5.74) is 2.41. The summed E-state index contributed by atoms with van der Waals surface area (Å²) >= 11 is 1.77. The Morgan fingerprint density at radius 2 is 2.28 bits per heavy atom. The summed E-state index contributed by atoms with van der Waals surface area (Å²) in [5, 5.41) is 5.75. The second-order valence-electron chi connectivity index (χ2n) is 5.52. The number of rotatable bonds is 5. The molecule has 2 unspecified atom stereocenters. The van der Waals surface area contributed by atoms with Gasteiger partial charge < -0.3 is 5.32 Å². The van der Waals surface area contributed by atoms with Gasteiger partial charge in [0.2, 0.25) is 0 Å². The number of hydrogen-bond donors (Lipinski definition) is 1. The van der Waals surface area contributed by atoms with E-state index in [9.17, 15) is 0 Å². The third kappa shape index (κ3) is 2.57. The molecule has 2 heterocycles. The Morgan fingerprint density at radius 1 is 1.44 bits per heavy atom. The highest BCUT2D eigenvalue weighted by Gasteiger charge is 2.27. The van der Waals surface area contributed by atoms with Crippen LogP contribution in [0.15, 0.2) is 23.7 Å². The van der Waals surface area contributed by atoms with Crippen molar-refractivity contribution in [2.75, 3.05) is 6.54 Å². The average Bonchev–Trinajstić information content (AvgIpc) is 3.13. The molecule has 2 aromatic rings. The van der Waals surface area contributed by atoms with E-state index in [2.05, 4.69) is 41.7 Å². The van der Waals surface area contributed by atoms with Crippen LogP contribution in [0.3, 0.4) is 0 Å². The maximum absolute atomic E-state index is 4.51. The van der Waals surface area contributed by atoms with E-state index >= 15 is 0 Å². The van der Waals surface area contributed by atoms with Crippen molar-refractivity contribution in [3.63, 3.8) is 0 Å². The van der Waals surface area contributed by atoms with Crippen LogP contribution < -0.4 is 5.32 Å². The Balaban J connectivity index is 1.64. The predicted octanol–water partition coefficient (Wildman–Crippen LogP) is 3.99. The van der Waals surface area contributed by atoms with Crippen LogP contribution in [0.2, 0.25) is 0 Å². The van der Waals surface area contributed by atoms with Gasteiger partial charge in [-0.05, 0) is 61.2 Å². The highest BCUT2D eigenvalue weighted by atomic mass is 32.1. The van der Waals surface area contributed by atoms with E-state index in [1.54, 1.807) is 11.3 Å². The molecule has 18 heavy (non-hydrogen) atoms. The fourth-order valence-electron chi connectivity index (χ4n) is 2.41. The van der Waals surface area contributed by atoms with Crippen LogP contribution >= 0.6 is 11.3 Å². The average molecular weight is 260 g/mol. The molecule has 0 aromatic carbocycles. The van der Waals surface area contributed by atoms with E-state index < -0.39 is 0 Å². The lowest BCUT2D eigenvalue weighted by atomic mass is 10.1. The van der Waals surface area contributed by atoms with Crippen molar-refractivity contribution in [3.05, 3.63) is 29.3 Å². The van der Waals surface area contributed by atoms with Gasteiger partial charge in [-0.15, -0.1) is 11.3 Å². The Hall–Kier alpha value is -0.930. The van der Waals surface area contributed by atoms with Crippen molar-refractivity contribution in [3.8, 4) is 0 Å². The Kier molecular flexibility index (Phi) is 3.35. The SMILES string of the molecule is CC(NCC(C)C1CC1)c1cnc2ccsc2c1. The first-order chi connectivity index (χ1) is 8.74. The lowest BCUT2D eigenvalue weighted by Gasteiger charge is -2.17. The van der Waals surface area contributed by atoms with Crippen molar-refractivity contribution in [2.45, 2.75) is 32.7 Å². The van der Waals surface area contributed by atoms with E-state index in [-0.39, 0.29) is 0 Å². The van der Waals surface area contributed by atoms with Gasteiger partial charge in [-0.3, -0.25) is 4.98 Å². The molecule has 3 rings (SSSR count). The summed E-state index contributed by atoms with van der Waals surface area (Å²) in [5.74, 6) is 1.79. The van der Waals surface area contributed by atoms with E-state index in [4.69, 9.17) is 0 Å². The number of aromatic nitrogens is 1. The summed E-state index contributed by atoms with van der Waals surface area (Å²) in [6.45, 7) is 5.71. The molecule has 1 aliphatic rings. The van der Waals surface area contributed by atoms with Crippen LogP contribution in [-0.2, 0) is 0 Å². The predicted molar refractivity (Wildman–Crippen MR) is 77.9 cm³/mol. The summed E-state index contributed by atoms with van der Waals surface area (Å²) in [7, 11) is 0. The highest BCUT2D eigenvalue weighted by molar-refractivity contribution is 7.17. The summed E-state index contributed by atoms with van der Waals surface area (Å²) in [6.07, 6.45) is 4.87. The molecule has 3 heteroatoms. The molecule has 0 bridgehead atoms. The van der Waals surface area contributed by atoms with Gasteiger partial charge in [-0.25, -0.2) is 0 Å². The lowest BCUT2D eigenvalue weighted by molar-refractivity contribution is 0.431. The zero-order valence-corrected chi connectivity index (χ0v) is 11.8. The fourth-order valence-corrected chi connectivity index (χ4v) is 3.20. The molecule has 1 N–H and O–H groups in total. The molecule has 0 spiro atoms. The van der Waals surface area contributed by atoms with E-state index in [0.29, 0.717) is 6.04 Å². The quantitative estimate of drug-likeness (QED) is 0.879. The van der Waals surface area contributed by atoms with Crippen molar-refractivity contribution in [1.29, 1.82) is 0 Å². The van der Waals surface area contributed by atoms with Crippen LogP contribution in [0.4, 0.5) is 0 Å². The van der Waals surface area contributed by atoms with Gasteiger partial charge in [-0.1, -0.05) is 6.92 Å². The van der Waals surface area contributed by atoms with Crippen LogP contribution in [0, 0.1) is 11.8 Å². The normalized spacial score (nSPS) is 19.0. The standard InChI is InChI=1S/C15H20N2S/c1-10(12-3-4-12)8-16-11(2)13-7-15-14(17-9-13)5-6-18-15/h5-7,9-12,16H,3-4,8H2,1-2H3. The molecule has 0 saturated heterocycles. The molecule has 0 aliphatic heterocycles. The Bertz CT molecular complexity index is 530. The van der Waals surface area contributed by atoms with Crippen LogP contribution in [0.25, 0.3) is 10.2 Å². The van der Waals surface area contributed by atoms with Gasteiger partial charge in [0.15, 0.2) is 0 Å². The van der Waals surface area contributed by atoms with Gasteiger partial charge in [0.25, 0.3) is 0 Å². The topological polar surface area (TPSA) is 24.9 Å². The molecule has 0 radical (unpaired) electrons. The summed E-state index contributed by atoms with van der Waals surface area (Å²) in [4.78, 5) is 4.51. The number of thiophene rings is 1. The van der Waals surface area contributed by atoms with Gasteiger partial charge in [0.05, 0.1) is 10.2 Å². The molecule has 0 amide bonds. The second kappa shape index (κ2) is 4.98. The lowest BCUT2D eigenvalue weighted by Crippen LogP contribution is -2.25. The number of nitrogens with zero attached hydrogens (tertiary/aromatic N) is 1. The zero-order valence-electron chi connectivity index (χ0n) is 11.0. The number of nitrogens with one attached hydrogen (secondary N) is 1. The second-order valence-corrected chi connectivity index (χ2v) is 6.46. The minimum absolute atomic E-state index is 0.394. The minimum Gasteiger partial charge on any atom is -0.310 e. The number of pyridine rings is 1. The molecule has 96 valence electrons. The zero-order chi connectivity index (χ0) is 12.5. The minimum atomic E-state index is 0.394. The first-order valence-corrected chi connectivity index (χ1v) is 7.68. The van der Waals surface area contributed by atoms with Gasteiger partial charge >= 0.3 is 0 Å². The highest BCUT2D eigenvalue weighted by Crippen LogP contribution is 2.36. The number of fused-ring (bicyclic) bond motifs is 1. The molecule has 1 fully saturated rings. The van der Waals surface area contributed by atoms with Crippen molar-refractivity contribution in [1.82, 2.24) is 10.3 Å². The first kappa shape index (κ1) is 12.1. The van der Waals surface area contributed by atoms with Gasteiger partial charge in [-0.2, -0.15) is 0 Å². The van der Waals surface area contributed by atoms with Crippen molar-refractivity contribution < 1.29 is 0 Å². The van der Waals surface area contributed by atoms with Gasteiger partial charge in [0.1, 0.15) is 0 Å². The monoisotopic (exact) mass is 260 g/mol. The van der Waals surface area contributed by atoms with Crippen LogP contribution in [-0.4, -0.2) is 11.5 Å². The molecule has 1 aliphatic carbocycles. The summed E-state index contributed by atoms with van der Waals surface area (Å²) in [6, 6.07) is 4.74. The molecular formula is C15H20N2S. The van der Waals surface area contributed by atoms with Gasteiger partial charge in [0, 0.05) is 12.2 Å². The molecule has 2 nitrogen and oxygen atoms in total. The van der Waals surface area contributed by atoms with Crippen LogP contribution in [0.1, 0.15) is 38.3 Å². The Morgan fingerprint density at radius 3 is 3.06 bits per heavy atom. The van der Waals surface area contributed by atoms with Crippen molar-refractivity contribution >= 4 is 21.6 Å². The maximum atomic E-state index is 4.51. The van der Waals surface area contributed by atoms with E-state index in [1.165, 1.54) is 23.1 Å². The number of hydrogen-bond acceptors (Lipinski definition) is 3. The third-order valence-corrected chi connectivity index (χ3v) is 4.85. The molecule has 2 aromatic heterocycles. The van der Waals surface area contributed by atoms with E-state index in [1.807, 2.05) is 6.20 Å². The van der Waals surface area contributed by atoms with Crippen molar-refractivity contribution in [2.24, 2.45) is 11.8 Å². The molecule has 2 atom stereocenters.